The first-order chi connectivity index (χ1) is 2.83. The van der Waals surface area contributed by atoms with Crippen LogP contribution in [0.5, 0.6) is 0 Å². The third-order valence-corrected chi connectivity index (χ3v) is 0. The van der Waals surface area contributed by atoms with Crippen molar-refractivity contribution >= 4 is 0 Å². The Morgan fingerprint density at radius 2 is 1.71 bits per heavy atom. The van der Waals surface area contributed by atoms with Crippen molar-refractivity contribution in [2.75, 3.05) is 6.61 Å². The second-order valence-corrected chi connectivity index (χ2v) is 0.724. The van der Waals surface area contributed by atoms with Gasteiger partial charge in [0.15, 0.2) is 0 Å². The van der Waals surface area contributed by atoms with E-state index in [0.29, 0.717) is 0 Å². The molecule has 0 fully saturated rings. The standard InChI is InChI=1S/C3H6.C2H6O.H2O/c1-3-2;1-2-3;/h3H,1H2,2H3;3H,2H2,1H3;1H2. The fourth-order valence-electron chi connectivity index (χ4n) is 0. The zero-order valence-corrected chi connectivity index (χ0v) is 4.94. The second-order valence-electron chi connectivity index (χ2n) is 0.724. The molecular weight excluding hydrogens is 92.1 g/mol. The van der Waals surface area contributed by atoms with E-state index >= 15 is 0 Å². The second kappa shape index (κ2) is 44.6. The Morgan fingerprint density at radius 3 is 1.71 bits per heavy atom. The van der Waals surface area contributed by atoms with Crippen LogP contribution in [0.25, 0.3) is 0 Å². The lowest BCUT2D eigenvalue weighted by Crippen LogP contribution is -1.57. The first-order valence-corrected chi connectivity index (χ1v) is 2.01. The summed E-state index contributed by atoms with van der Waals surface area (Å²) in [5.74, 6) is 0. The van der Waals surface area contributed by atoms with Crippen LogP contribution >= 0.6 is 0 Å². The van der Waals surface area contributed by atoms with Crippen molar-refractivity contribution in [2.45, 2.75) is 13.8 Å². The molecule has 0 amide bonds. The van der Waals surface area contributed by atoms with Crippen LogP contribution in [0.15, 0.2) is 12.7 Å². The molecule has 0 aromatic heterocycles. The number of rotatable bonds is 0. The van der Waals surface area contributed by atoms with Gasteiger partial charge < -0.3 is 10.6 Å². The van der Waals surface area contributed by atoms with Crippen LogP contribution in [0.1, 0.15) is 13.8 Å². The normalized spacial score (nSPS) is 4.43. The molecule has 7 heavy (non-hydrogen) atoms. The third kappa shape index (κ3) is 656. The highest BCUT2D eigenvalue weighted by Gasteiger charge is 1.34. The summed E-state index contributed by atoms with van der Waals surface area (Å²) in [6, 6.07) is 0. The van der Waals surface area contributed by atoms with E-state index in [1.54, 1.807) is 13.0 Å². The van der Waals surface area contributed by atoms with E-state index < -0.39 is 0 Å². The number of allylic oxidation sites excluding steroid dienone is 1. The minimum Gasteiger partial charge on any atom is -0.412 e. The van der Waals surface area contributed by atoms with E-state index in [0.717, 1.165) is 0 Å². The molecule has 0 rings (SSSR count). The van der Waals surface area contributed by atoms with Crippen LogP contribution in [-0.2, 0) is 0 Å². The van der Waals surface area contributed by atoms with Crippen LogP contribution in [0.3, 0.4) is 0 Å². The Morgan fingerprint density at radius 1 is 1.71 bits per heavy atom. The van der Waals surface area contributed by atoms with Gasteiger partial charge in [0, 0.05) is 6.61 Å². The SMILES string of the molecule is C=CC.CCO.O. The maximum absolute atomic E-state index is 7.57. The van der Waals surface area contributed by atoms with E-state index in [1.807, 2.05) is 6.92 Å². The minimum absolute atomic E-state index is 0. The Balaban J connectivity index is -0.0000000400. The lowest BCUT2D eigenvalue weighted by Gasteiger charge is -1.52. The van der Waals surface area contributed by atoms with Crippen molar-refractivity contribution in [2.24, 2.45) is 0 Å². The van der Waals surface area contributed by atoms with Crippen molar-refractivity contribution < 1.29 is 10.6 Å². The van der Waals surface area contributed by atoms with Crippen molar-refractivity contribution in [3.8, 4) is 0 Å². The van der Waals surface area contributed by atoms with Crippen LogP contribution in [-0.4, -0.2) is 17.2 Å². The van der Waals surface area contributed by atoms with Gasteiger partial charge in [0.25, 0.3) is 0 Å². The van der Waals surface area contributed by atoms with E-state index in [-0.39, 0.29) is 12.1 Å². The first-order valence-electron chi connectivity index (χ1n) is 2.01. The summed E-state index contributed by atoms with van der Waals surface area (Å²) in [6.07, 6.45) is 1.75. The molecule has 2 nitrogen and oxygen atoms in total. The Hall–Kier alpha value is -0.340. The van der Waals surface area contributed by atoms with Crippen molar-refractivity contribution in [1.82, 2.24) is 0 Å². The van der Waals surface area contributed by atoms with E-state index in [2.05, 4.69) is 6.58 Å². The average molecular weight is 106 g/mol. The van der Waals surface area contributed by atoms with Gasteiger partial charge in [-0.2, -0.15) is 0 Å². The molecule has 3 N–H and O–H groups in total. The van der Waals surface area contributed by atoms with Gasteiger partial charge in [0.05, 0.1) is 0 Å². The molecule has 0 atom stereocenters. The zero-order chi connectivity index (χ0) is 5.41. The number of hydrogen-bond donors (Lipinski definition) is 1. The number of hydrogen-bond acceptors (Lipinski definition) is 1. The Kier molecular flexibility index (Phi) is 101. The Bertz CT molecular complexity index is 20.0. The van der Waals surface area contributed by atoms with Gasteiger partial charge in [-0.05, 0) is 13.8 Å². The number of aliphatic hydroxyl groups is 1. The van der Waals surface area contributed by atoms with Crippen molar-refractivity contribution in [3.05, 3.63) is 12.7 Å². The van der Waals surface area contributed by atoms with E-state index in [1.165, 1.54) is 0 Å². The summed E-state index contributed by atoms with van der Waals surface area (Å²) >= 11 is 0. The Labute approximate surface area is 44.8 Å². The quantitative estimate of drug-likeness (QED) is 0.445. The molecular formula is C5H14O2. The van der Waals surface area contributed by atoms with Crippen LogP contribution in [0, 0.1) is 0 Å². The monoisotopic (exact) mass is 106 g/mol. The maximum Gasteiger partial charge on any atom is 0.0402 e. The smallest absolute Gasteiger partial charge is 0.0402 e. The van der Waals surface area contributed by atoms with Gasteiger partial charge in [0.1, 0.15) is 0 Å². The fraction of sp³-hybridized carbons (Fsp3) is 0.600. The van der Waals surface area contributed by atoms with Crippen LogP contribution in [0.2, 0.25) is 0 Å². The maximum atomic E-state index is 7.57. The van der Waals surface area contributed by atoms with Gasteiger partial charge >= 0.3 is 0 Å². The largest absolute Gasteiger partial charge is 0.412 e. The molecule has 2 heteroatoms. The van der Waals surface area contributed by atoms with Gasteiger partial charge in [-0.1, -0.05) is 6.08 Å². The van der Waals surface area contributed by atoms with E-state index in [4.69, 9.17) is 5.11 Å². The highest BCUT2D eigenvalue weighted by atomic mass is 16.2. The molecule has 0 saturated heterocycles. The third-order valence-electron chi connectivity index (χ3n) is 0. The molecule has 0 aliphatic rings. The number of aliphatic hydroxyl groups excluding tert-OH is 1. The molecule has 0 radical (unpaired) electrons. The predicted octanol–water partition coefficient (Wildman–Crippen LogP) is 0.366. The average Bonchev–Trinajstić information content (AvgIpc) is 1.39. The van der Waals surface area contributed by atoms with Crippen molar-refractivity contribution in [1.29, 1.82) is 0 Å². The summed E-state index contributed by atoms with van der Waals surface area (Å²) in [6.45, 7) is 7.18. The molecule has 0 aromatic carbocycles. The molecule has 0 bridgehead atoms. The fourth-order valence-corrected chi connectivity index (χ4v) is 0. The molecule has 0 aliphatic heterocycles. The molecule has 0 spiro atoms. The summed E-state index contributed by atoms with van der Waals surface area (Å²) in [4.78, 5) is 0. The van der Waals surface area contributed by atoms with Gasteiger partial charge in [-0.15, -0.1) is 6.58 Å². The molecule has 46 valence electrons. The molecule has 0 saturated carbocycles. The highest BCUT2D eigenvalue weighted by Crippen LogP contribution is 1.38. The molecule has 0 aliphatic carbocycles. The summed E-state index contributed by atoms with van der Waals surface area (Å²) < 4.78 is 0. The predicted molar refractivity (Wildman–Crippen MR) is 32.2 cm³/mol. The van der Waals surface area contributed by atoms with Crippen molar-refractivity contribution in [3.63, 3.8) is 0 Å². The lowest BCUT2D eigenvalue weighted by atomic mass is 10.8. The van der Waals surface area contributed by atoms with E-state index in [9.17, 15) is 0 Å². The minimum atomic E-state index is 0. The van der Waals surface area contributed by atoms with Gasteiger partial charge in [0.2, 0.25) is 0 Å². The summed E-state index contributed by atoms with van der Waals surface area (Å²) in [7, 11) is 0. The van der Waals surface area contributed by atoms with Crippen LogP contribution < -0.4 is 0 Å². The van der Waals surface area contributed by atoms with Gasteiger partial charge in [-0.3, -0.25) is 0 Å². The summed E-state index contributed by atoms with van der Waals surface area (Å²) in [5, 5.41) is 7.57. The first kappa shape index (κ1) is 15.9. The van der Waals surface area contributed by atoms with Crippen LogP contribution in [0.4, 0.5) is 0 Å². The zero-order valence-electron chi connectivity index (χ0n) is 4.94. The molecule has 0 heterocycles. The van der Waals surface area contributed by atoms with Gasteiger partial charge in [-0.25, -0.2) is 0 Å². The lowest BCUT2D eigenvalue weighted by molar-refractivity contribution is 0.318. The summed E-state index contributed by atoms with van der Waals surface area (Å²) in [5.41, 5.74) is 0. The topological polar surface area (TPSA) is 51.7 Å². The molecule has 0 unspecified atom stereocenters. The molecule has 0 aromatic rings. The highest BCUT2D eigenvalue weighted by molar-refractivity contribution is 4.51.